The monoisotopic (exact) mass is 338 g/mol. The molecule has 6 heteroatoms. The van der Waals surface area contributed by atoms with E-state index in [0.717, 1.165) is 5.56 Å². The molecule has 3 rings (SSSR count). The first-order valence-electron chi connectivity index (χ1n) is 7.80. The van der Waals surface area contributed by atoms with E-state index in [1.807, 2.05) is 6.07 Å². The minimum atomic E-state index is -0.666. The number of Topliss-reactive ketones (excluding diaryl/α,β-unsaturated/α-hetero) is 1. The third kappa shape index (κ3) is 3.10. The zero-order valence-electron chi connectivity index (χ0n) is 14.0. The number of methoxy groups -OCH3 is 1. The van der Waals surface area contributed by atoms with Gasteiger partial charge in [-0.1, -0.05) is 18.2 Å². The summed E-state index contributed by atoms with van der Waals surface area (Å²) in [6.07, 6.45) is 3.30. The lowest BCUT2D eigenvalue weighted by atomic mass is 9.96. The Labute approximate surface area is 145 Å². The zero-order valence-corrected chi connectivity index (χ0v) is 14.0. The summed E-state index contributed by atoms with van der Waals surface area (Å²) in [5, 5.41) is 10.3. The highest BCUT2D eigenvalue weighted by molar-refractivity contribution is 6.08. The van der Waals surface area contributed by atoms with E-state index >= 15 is 0 Å². The topological polar surface area (TPSA) is 79.7 Å². The van der Waals surface area contributed by atoms with Gasteiger partial charge in [-0.05, 0) is 36.2 Å². The van der Waals surface area contributed by atoms with Crippen molar-refractivity contribution in [2.45, 2.75) is 19.5 Å². The van der Waals surface area contributed by atoms with E-state index in [1.165, 1.54) is 11.8 Å². The van der Waals surface area contributed by atoms with Crippen molar-refractivity contribution in [3.63, 3.8) is 0 Å². The smallest absolute Gasteiger partial charge is 0.290 e. The van der Waals surface area contributed by atoms with Crippen molar-refractivity contribution in [1.82, 2.24) is 9.88 Å². The number of benzene rings is 1. The number of ether oxygens (including phenoxy) is 1. The van der Waals surface area contributed by atoms with E-state index in [2.05, 4.69) is 4.98 Å². The normalized spacial score (nSPS) is 17.1. The number of carbonyl (C=O) groups excluding carboxylic acids is 2. The number of pyridine rings is 1. The number of hydrogen-bond acceptors (Lipinski definition) is 5. The Hall–Kier alpha value is -3.15. The first-order chi connectivity index (χ1) is 12.0. The van der Waals surface area contributed by atoms with E-state index < -0.39 is 17.7 Å². The molecule has 0 saturated carbocycles. The van der Waals surface area contributed by atoms with Gasteiger partial charge < -0.3 is 14.7 Å². The largest absolute Gasteiger partial charge is 0.503 e. The highest BCUT2D eigenvalue weighted by Crippen LogP contribution is 2.39. The molecular weight excluding hydrogens is 320 g/mol. The fourth-order valence-electron chi connectivity index (χ4n) is 3.02. The molecule has 0 unspecified atom stereocenters. The van der Waals surface area contributed by atoms with E-state index in [9.17, 15) is 14.7 Å². The van der Waals surface area contributed by atoms with Crippen LogP contribution in [0.2, 0.25) is 0 Å². The molecular formula is C19H18N2O4. The Morgan fingerprint density at radius 3 is 2.76 bits per heavy atom. The maximum atomic E-state index is 12.6. The molecule has 1 aromatic heterocycles. The summed E-state index contributed by atoms with van der Waals surface area (Å²) in [6.45, 7) is 1.58. The van der Waals surface area contributed by atoms with Crippen LogP contribution in [-0.2, 0) is 16.1 Å². The molecule has 0 bridgehead atoms. The maximum absolute atomic E-state index is 12.6. The highest BCUT2D eigenvalue weighted by atomic mass is 16.5. The molecule has 1 amide bonds. The van der Waals surface area contributed by atoms with Crippen molar-refractivity contribution in [3.05, 3.63) is 71.3 Å². The van der Waals surface area contributed by atoms with Gasteiger partial charge in [0.1, 0.15) is 5.75 Å². The molecule has 0 saturated heterocycles. The number of aromatic nitrogens is 1. The maximum Gasteiger partial charge on any atom is 0.290 e. The van der Waals surface area contributed by atoms with Gasteiger partial charge in [0, 0.05) is 18.9 Å². The second kappa shape index (κ2) is 6.76. The SMILES string of the molecule is COc1cccc([C@@H]2C(C(C)=O)=C(O)C(=O)N2Cc2cccnc2)c1. The third-order valence-corrected chi connectivity index (χ3v) is 4.17. The number of hydrogen-bond donors (Lipinski definition) is 1. The summed E-state index contributed by atoms with van der Waals surface area (Å²) < 4.78 is 5.24. The standard InChI is InChI=1S/C19H18N2O4/c1-12(22)16-17(14-6-3-7-15(9-14)25-2)21(19(24)18(16)23)11-13-5-4-8-20-10-13/h3-10,17,23H,11H2,1-2H3/t17-/m1/s1. The van der Waals surface area contributed by atoms with Crippen LogP contribution in [0, 0.1) is 0 Å². The van der Waals surface area contributed by atoms with Gasteiger partial charge >= 0.3 is 0 Å². The lowest BCUT2D eigenvalue weighted by Gasteiger charge is -2.26. The van der Waals surface area contributed by atoms with E-state index in [1.54, 1.807) is 49.8 Å². The second-order valence-electron chi connectivity index (χ2n) is 5.79. The van der Waals surface area contributed by atoms with E-state index in [-0.39, 0.29) is 17.9 Å². The number of aliphatic hydroxyl groups is 1. The Balaban J connectivity index is 2.06. The first-order valence-corrected chi connectivity index (χ1v) is 7.80. The molecule has 1 aliphatic heterocycles. The fourth-order valence-corrected chi connectivity index (χ4v) is 3.02. The minimum absolute atomic E-state index is 0.0992. The fraction of sp³-hybridized carbons (Fsp3) is 0.211. The molecule has 25 heavy (non-hydrogen) atoms. The Kier molecular flexibility index (Phi) is 4.52. The van der Waals surface area contributed by atoms with Crippen LogP contribution in [0.5, 0.6) is 5.75 Å². The van der Waals surface area contributed by atoms with Crippen LogP contribution in [0.15, 0.2) is 60.1 Å². The van der Waals surface area contributed by atoms with Crippen LogP contribution in [0.1, 0.15) is 24.1 Å². The molecule has 1 aliphatic rings. The molecule has 2 heterocycles. The summed E-state index contributed by atoms with van der Waals surface area (Å²) in [5.41, 5.74) is 1.61. The van der Waals surface area contributed by atoms with Gasteiger partial charge in [0.05, 0.1) is 18.7 Å². The summed E-state index contributed by atoms with van der Waals surface area (Å²) in [7, 11) is 1.55. The average molecular weight is 338 g/mol. The number of rotatable bonds is 5. The molecule has 6 nitrogen and oxygen atoms in total. The molecule has 2 aromatic rings. The highest BCUT2D eigenvalue weighted by Gasteiger charge is 2.42. The van der Waals surface area contributed by atoms with Crippen molar-refractivity contribution in [1.29, 1.82) is 0 Å². The lowest BCUT2D eigenvalue weighted by molar-refractivity contribution is -0.130. The molecule has 1 N–H and O–H groups in total. The average Bonchev–Trinajstić information content (AvgIpc) is 2.87. The van der Waals surface area contributed by atoms with Crippen LogP contribution >= 0.6 is 0 Å². The second-order valence-corrected chi connectivity index (χ2v) is 5.79. The number of ketones is 1. The molecule has 1 aromatic carbocycles. The molecule has 128 valence electrons. The van der Waals surface area contributed by atoms with Crippen LogP contribution in [0.3, 0.4) is 0 Å². The number of aliphatic hydroxyl groups excluding tert-OH is 1. The summed E-state index contributed by atoms with van der Waals surface area (Å²) in [5.74, 6) is -0.793. The van der Waals surface area contributed by atoms with E-state index in [0.29, 0.717) is 11.3 Å². The predicted octanol–water partition coefficient (Wildman–Crippen LogP) is 2.57. The van der Waals surface area contributed by atoms with Crippen LogP contribution < -0.4 is 4.74 Å². The molecule has 0 radical (unpaired) electrons. The summed E-state index contributed by atoms with van der Waals surface area (Å²) >= 11 is 0. The zero-order chi connectivity index (χ0) is 18.0. The van der Waals surface area contributed by atoms with Gasteiger partial charge in [-0.15, -0.1) is 0 Å². The van der Waals surface area contributed by atoms with Crippen molar-refractivity contribution < 1.29 is 19.4 Å². The van der Waals surface area contributed by atoms with Crippen molar-refractivity contribution >= 4 is 11.7 Å². The van der Waals surface area contributed by atoms with Crippen LogP contribution in [0.25, 0.3) is 0 Å². The Morgan fingerprint density at radius 1 is 1.32 bits per heavy atom. The third-order valence-electron chi connectivity index (χ3n) is 4.17. The van der Waals surface area contributed by atoms with E-state index in [4.69, 9.17) is 4.74 Å². The van der Waals surface area contributed by atoms with Gasteiger partial charge in [-0.3, -0.25) is 14.6 Å². The van der Waals surface area contributed by atoms with Gasteiger partial charge in [-0.25, -0.2) is 0 Å². The van der Waals surface area contributed by atoms with Crippen LogP contribution in [0.4, 0.5) is 0 Å². The van der Waals surface area contributed by atoms with Crippen molar-refractivity contribution in [2.24, 2.45) is 0 Å². The molecule has 0 spiro atoms. The van der Waals surface area contributed by atoms with Gasteiger partial charge in [0.15, 0.2) is 11.5 Å². The van der Waals surface area contributed by atoms with Crippen molar-refractivity contribution in [3.8, 4) is 5.75 Å². The number of nitrogens with zero attached hydrogens (tertiary/aromatic N) is 2. The minimum Gasteiger partial charge on any atom is -0.503 e. The predicted molar refractivity (Wildman–Crippen MR) is 90.9 cm³/mol. The number of carbonyl (C=O) groups is 2. The Bertz CT molecular complexity index is 846. The molecule has 1 atom stereocenters. The number of amides is 1. The summed E-state index contributed by atoms with van der Waals surface area (Å²) in [4.78, 5) is 30.2. The van der Waals surface area contributed by atoms with Crippen LogP contribution in [-0.4, -0.2) is 33.8 Å². The van der Waals surface area contributed by atoms with Gasteiger partial charge in [-0.2, -0.15) is 0 Å². The Morgan fingerprint density at radius 2 is 2.12 bits per heavy atom. The lowest BCUT2D eigenvalue weighted by Crippen LogP contribution is -2.30. The van der Waals surface area contributed by atoms with Gasteiger partial charge in [0.2, 0.25) is 0 Å². The molecule has 0 aliphatic carbocycles. The summed E-state index contributed by atoms with van der Waals surface area (Å²) in [6, 6.07) is 10.1. The first kappa shape index (κ1) is 16.7. The van der Waals surface area contributed by atoms with Gasteiger partial charge in [0.25, 0.3) is 5.91 Å². The van der Waals surface area contributed by atoms with Crippen molar-refractivity contribution in [2.75, 3.05) is 7.11 Å². The molecule has 0 fully saturated rings. The quantitative estimate of drug-likeness (QED) is 0.906.